The van der Waals surface area contributed by atoms with Crippen LogP contribution in [0.1, 0.15) is 16.8 Å². The van der Waals surface area contributed by atoms with Gasteiger partial charge in [0.15, 0.2) is 0 Å². The first-order valence-corrected chi connectivity index (χ1v) is 6.55. The van der Waals surface area contributed by atoms with Crippen LogP contribution in [0.3, 0.4) is 0 Å². The summed E-state index contributed by atoms with van der Waals surface area (Å²) in [7, 11) is 0. The van der Waals surface area contributed by atoms with E-state index in [1.807, 2.05) is 25.1 Å². The van der Waals surface area contributed by atoms with E-state index in [1.165, 1.54) is 0 Å². The molecule has 0 aliphatic carbocycles. The molecule has 0 aliphatic heterocycles. The zero-order chi connectivity index (χ0) is 14.8. The molecule has 1 heterocycles. The molecule has 0 unspecified atom stereocenters. The highest BCUT2D eigenvalue weighted by atomic mass is 79.9. The Kier molecular flexibility index (Phi) is 4.27. The molecule has 2 aromatic rings. The Morgan fingerprint density at radius 1 is 1.25 bits per heavy atom. The summed E-state index contributed by atoms with van der Waals surface area (Å²) in [5, 5.41) is 2.80. The summed E-state index contributed by atoms with van der Waals surface area (Å²) >= 11 is 3.35. The normalized spacial score (nSPS) is 11.4. The molecular formula is C13H11BrF3N3. The van der Waals surface area contributed by atoms with Crippen LogP contribution < -0.4 is 5.32 Å². The molecule has 3 nitrogen and oxygen atoms in total. The highest BCUT2D eigenvalue weighted by Crippen LogP contribution is 2.27. The molecule has 0 saturated heterocycles. The number of nitrogens with zero attached hydrogens (tertiary/aromatic N) is 2. The topological polar surface area (TPSA) is 37.8 Å². The number of hydrogen-bond donors (Lipinski definition) is 1. The quantitative estimate of drug-likeness (QED) is 0.906. The third-order valence-electron chi connectivity index (χ3n) is 2.69. The van der Waals surface area contributed by atoms with Crippen LogP contribution in [-0.2, 0) is 12.7 Å². The molecule has 0 radical (unpaired) electrons. The fourth-order valence-electron chi connectivity index (χ4n) is 1.61. The number of aryl methyl sites for hydroxylation is 1. The summed E-state index contributed by atoms with van der Waals surface area (Å²) < 4.78 is 38.5. The van der Waals surface area contributed by atoms with E-state index in [0.717, 1.165) is 27.9 Å². The molecule has 1 N–H and O–H groups in total. The van der Waals surface area contributed by atoms with Crippen molar-refractivity contribution in [3.63, 3.8) is 0 Å². The second-order valence-corrected chi connectivity index (χ2v) is 5.10. The zero-order valence-corrected chi connectivity index (χ0v) is 12.1. The second kappa shape index (κ2) is 5.78. The summed E-state index contributed by atoms with van der Waals surface area (Å²) in [5.74, 6) is -0.0424. The minimum Gasteiger partial charge on any atom is -0.350 e. The lowest BCUT2D eigenvalue weighted by molar-refractivity contribution is -0.141. The number of aromatic nitrogens is 2. The van der Waals surface area contributed by atoms with Gasteiger partial charge in [-0.1, -0.05) is 22.0 Å². The highest BCUT2D eigenvalue weighted by molar-refractivity contribution is 9.10. The molecule has 106 valence electrons. The van der Waals surface area contributed by atoms with Crippen molar-refractivity contribution < 1.29 is 13.2 Å². The molecule has 0 atom stereocenters. The fraction of sp³-hybridized carbons (Fsp3) is 0.231. The van der Waals surface area contributed by atoms with Crippen LogP contribution >= 0.6 is 15.9 Å². The molecule has 7 heteroatoms. The number of alkyl halides is 3. The van der Waals surface area contributed by atoms with E-state index in [4.69, 9.17) is 0 Å². The molecule has 0 spiro atoms. The zero-order valence-electron chi connectivity index (χ0n) is 10.5. The average Bonchev–Trinajstić information content (AvgIpc) is 2.39. The first kappa shape index (κ1) is 14.8. The summed E-state index contributed by atoms with van der Waals surface area (Å²) in [6.07, 6.45) is -3.38. The van der Waals surface area contributed by atoms with Crippen LogP contribution in [-0.4, -0.2) is 9.97 Å². The SMILES string of the molecule is Cc1ccc(Br)cc1CNc1nccc(C(F)(F)F)n1. The molecule has 0 bridgehead atoms. The summed E-state index contributed by atoms with van der Waals surface area (Å²) in [5.41, 5.74) is 1.04. The fourth-order valence-corrected chi connectivity index (χ4v) is 2.02. The van der Waals surface area contributed by atoms with Gasteiger partial charge in [-0.15, -0.1) is 0 Å². The molecule has 1 aromatic heterocycles. The van der Waals surface area contributed by atoms with Crippen LogP contribution in [0.15, 0.2) is 34.9 Å². The Morgan fingerprint density at radius 2 is 2.00 bits per heavy atom. The van der Waals surface area contributed by atoms with E-state index in [1.54, 1.807) is 0 Å². The Morgan fingerprint density at radius 3 is 2.70 bits per heavy atom. The van der Waals surface area contributed by atoms with Gasteiger partial charge in [-0.05, 0) is 36.2 Å². The number of anilines is 1. The minimum absolute atomic E-state index is 0.0424. The van der Waals surface area contributed by atoms with Crippen molar-refractivity contribution in [1.29, 1.82) is 0 Å². The van der Waals surface area contributed by atoms with Crippen LogP contribution in [0, 0.1) is 6.92 Å². The Labute approximate surface area is 122 Å². The smallest absolute Gasteiger partial charge is 0.350 e. The van der Waals surface area contributed by atoms with Crippen molar-refractivity contribution in [3.8, 4) is 0 Å². The first-order valence-electron chi connectivity index (χ1n) is 5.75. The number of halogens is 4. The Balaban J connectivity index is 2.13. The molecule has 0 saturated carbocycles. The summed E-state index contributed by atoms with van der Waals surface area (Å²) in [4.78, 5) is 7.24. The largest absolute Gasteiger partial charge is 0.433 e. The molecular weight excluding hydrogens is 335 g/mol. The highest BCUT2D eigenvalue weighted by Gasteiger charge is 2.32. The number of hydrogen-bond acceptors (Lipinski definition) is 3. The average molecular weight is 346 g/mol. The van der Waals surface area contributed by atoms with E-state index in [-0.39, 0.29) is 5.95 Å². The van der Waals surface area contributed by atoms with Gasteiger partial charge in [0.1, 0.15) is 5.69 Å². The maximum absolute atomic E-state index is 12.5. The van der Waals surface area contributed by atoms with Crippen molar-refractivity contribution in [3.05, 3.63) is 51.8 Å². The van der Waals surface area contributed by atoms with E-state index in [2.05, 4.69) is 31.2 Å². The van der Waals surface area contributed by atoms with Gasteiger partial charge in [-0.25, -0.2) is 9.97 Å². The van der Waals surface area contributed by atoms with E-state index in [0.29, 0.717) is 6.54 Å². The van der Waals surface area contributed by atoms with Gasteiger partial charge in [0.05, 0.1) is 0 Å². The number of benzene rings is 1. The van der Waals surface area contributed by atoms with Crippen LogP contribution in [0.25, 0.3) is 0 Å². The second-order valence-electron chi connectivity index (χ2n) is 4.19. The molecule has 0 amide bonds. The van der Waals surface area contributed by atoms with Gasteiger partial charge < -0.3 is 5.32 Å². The maximum atomic E-state index is 12.5. The Bertz CT molecular complexity index is 614. The third kappa shape index (κ3) is 3.69. The van der Waals surface area contributed by atoms with Crippen molar-refractivity contribution >= 4 is 21.9 Å². The standard InChI is InChI=1S/C13H11BrF3N3/c1-8-2-3-10(14)6-9(8)7-19-12-18-5-4-11(20-12)13(15,16)17/h2-6H,7H2,1H3,(H,18,19,20). The van der Waals surface area contributed by atoms with Gasteiger partial charge >= 0.3 is 6.18 Å². The van der Waals surface area contributed by atoms with Crippen LogP contribution in [0.4, 0.5) is 19.1 Å². The predicted octanol–water partition coefficient (Wildman–Crippen LogP) is 4.18. The Hall–Kier alpha value is -1.63. The van der Waals surface area contributed by atoms with Crippen LogP contribution in [0.5, 0.6) is 0 Å². The number of nitrogens with one attached hydrogen (secondary N) is 1. The summed E-state index contributed by atoms with van der Waals surface area (Å²) in [6, 6.07) is 6.57. The van der Waals surface area contributed by atoms with E-state index in [9.17, 15) is 13.2 Å². The van der Waals surface area contributed by atoms with Gasteiger partial charge in [0.2, 0.25) is 5.95 Å². The molecule has 1 aromatic carbocycles. The van der Waals surface area contributed by atoms with E-state index < -0.39 is 11.9 Å². The molecule has 2 rings (SSSR count). The third-order valence-corrected chi connectivity index (χ3v) is 3.19. The molecule has 0 aliphatic rings. The first-order chi connectivity index (χ1) is 9.36. The molecule has 0 fully saturated rings. The lowest BCUT2D eigenvalue weighted by atomic mass is 10.1. The van der Waals surface area contributed by atoms with Crippen molar-refractivity contribution in [1.82, 2.24) is 9.97 Å². The molecule has 20 heavy (non-hydrogen) atoms. The minimum atomic E-state index is -4.47. The van der Waals surface area contributed by atoms with Crippen molar-refractivity contribution in [2.75, 3.05) is 5.32 Å². The maximum Gasteiger partial charge on any atom is 0.433 e. The number of rotatable bonds is 3. The lowest BCUT2D eigenvalue weighted by Gasteiger charge is -2.10. The van der Waals surface area contributed by atoms with E-state index >= 15 is 0 Å². The summed E-state index contributed by atoms with van der Waals surface area (Å²) in [6.45, 7) is 2.28. The van der Waals surface area contributed by atoms with Gasteiger partial charge in [-0.3, -0.25) is 0 Å². The predicted molar refractivity (Wildman–Crippen MR) is 73.2 cm³/mol. The van der Waals surface area contributed by atoms with Gasteiger partial charge in [0, 0.05) is 17.2 Å². The lowest BCUT2D eigenvalue weighted by Crippen LogP contribution is -2.11. The monoisotopic (exact) mass is 345 g/mol. The van der Waals surface area contributed by atoms with Crippen molar-refractivity contribution in [2.24, 2.45) is 0 Å². The van der Waals surface area contributed by atoms with Crippen molar-refractivity contribution in [2.45, 2.75) is 19.6 Å². The van der Waals surface area contributed by atoms with Crippen LogP contribution in [0.2, 0.25) is 0 Å². The van der Waals surface area contributed by atoms with Gasteiger partial charge in [0.25, 0.3) is 0 Å². The van der Waals surface area contributed by atoms with Gasteiger partial charge in [-0.2, -0.15) is 13.2 Å².